The quantitative estimate of drug-likeness (QED) is 0.729. The number of fused-ring (bicyclic) bond motifs is 1. The number of rotatable bonds is 1. The maximum Gasteiger partial charge on any atom is 0.0615 e. The third-order valence-electron chi connectivity index (χ3n) is 2.44. The summed E-state index contributed by atoms with van der Waals surface area (Å²) in [5.74, 6) is 0.105. The Bertz CT molecular complexity index is 355. The van der Waals surface area contributed by atoms with Crippen LogP contribution in [0.25, 0.3) is 6.08 Å². The zero-order valence-corrected chi connectivity index (χ0v) is 8.12. The molecular formula is C11H11ClO. The first-order valence-corrected chi connectivity index (χ1v) is 4.72. The molecule has 1 aliphatic rings. The van der Waals surface area contributed by atoms with Crippen LogP contribution in [0.1, 0.15) is 24.0 Å². The van der Waals surface area contributed by atoms with Crippen LogP contribution < -0.4 is 0 Å². The first-order chi connectivity index (χ1) is 6.20. The summed E-state index contributed by atoms with van der Waals surface area (Å²) in [7, 11) is 0. The summed E-state index contributed by atoms with van der Waals surface area (Å²) in [4.78, 5) is 0. The zero-order valence-electron chi connectivity index (χ0n) is 7.37. The fourth-order valence-electron chi connectivity index (χ4n) is 1.74. The molecule has 0 amide bonds. The second-order valence-corrected chi connectivity index (χ2v) is 3.78. The minimum atomic E-state index is -0.351. The van der Waals surface area contributed by atoms with E-state index < -0.39 is 0 Å². The van der Waals surface area contributed by atoms with Crippen LogP contribution in [0.5, 0.6) is 0 Å². The molecule has 0 heterocycles. The van der Waals surface area contributed by atoms with Crippen molar-refractivity contribution in [3.63, 3.8) is 0 Å². The molecule has 2 rings (SSSR count). The average molecular weight is 195 g/mol. The van der Waals surface area contributed by atoms with E-state index in [9.17, 15) is 5.11 Å². The Labute approximate surface area is 82.7 Å². The second-order valence-electron chi connectivity index (χ2n) is 3.37. The lowest BCUT2D eigenvalue weighted by Crippen LogP contribution is -2.10. The van der Waals surface area contributed by atoms with Gasteiger partial charge in [-0.1, -0.05) is 35.9 Å². The van der Waals surface area contributed by atoms with Gasteiger partial charge in [-0.05, 0) is 24.1 Å². The molecule has 1 nitrogen and oxygen atoms in total. The van der Waals surface area contributed by atoms with Gasteiger partial charge >= 0.3 is 0 Å². The Morgan fingerprint density at radius 3 is 2.92 bits per heavy atom. The smallest absolute Gasteiger partial charge is 0.0615 e. The maximum atomic E-state index is 9.50. The second kappa shape index (κ2) is 3.17. The van der Waals surface area contributed by atoms with Gasteiger partial charge in [-0.15, -0.1) is 0 Å². The number of aliphatic hydroxyl groups is 1. The predicted octanol–water partition coefficient (Wildman–Crippen LogP) is 2.83. The SMILES string of the molecule is CC(O)C1C=Cc2c(Cl)cccc21. The molecule has 13 heavy (non-hydrogen) atoms. The van der Waals surface area contributed by atoms with Gasteiger partial charge in [-0.2, -0.15) is 0 Å². The molecular weight excluding hydrogens is 184 g/mol. The van der Waals surface area contributed by atoms with Crippen molar-refractivity contribution in [3.05, 3.63) is 40.4 Å². The van der Waals surface area contributed by atoms with Gasteiger partial charge in [0.25, 0.3) is 0 Å². The fraction of sp³-hybridized carbons (Fsp3) is 0.273. The van der Waals surface area contributed by atoms with Crippen molar-refractivity contribution in [1.29, 1.82) is 0 Å². The monoisotopic (exact) mass is 194 g/mol. The third-order valence-corrected chi connectivity index (χ3v) is 2.77. The number of aliphatic hydroxyl groups excluding tert-OH is 1. The Morgan fingerprint density at radius 2 is 2.23 bits per heavy atom. The molecule has 0 radical (unpaired) electrons. The van der Waals surface area contributed by atoms with Crippen LogP contribution >= 0.6 is 11.6 Å². The predicted molar refractivity (Wildman–Crippen MR) is 54.9 cm³/mol. The van der Waals surface area contributed by atoms with Crippen LogP contribution in [0.2, 0.25) is 5.02 Å². The van der Waals surface area contributed by atoms with Gasteiger partial charge in [-0.25, -0.2) is 0 Å². The van der Waals surface area contributed by atoms with E-state index >= 15 is 0 Å². The van der Waals surface area contributed by atoms with Crippen LogP contribution in [0.3, 0.4) is 0 Å². The molecule has 68 valence electrons. The van der Waals surface area contributed by atoms with E-state index in [0.717, 1.165) is 16.1 Å². The van der Waals surface area contributed by atoms with Crippen molar-refractivity contribution in [2.75, 3.05) is 0 Å². The van der Waals surface area contributed by atoms with E-state index in [1.54, 1.807) is 6.92 Å². The highest BCUT2D eigenvalue weighted by Gasteiger charge is 2.22. The topological polar surface area (TPSA) is 20.2 Å². The van der Waals surface area contributed by atoms with Gasteiger partial charge in [0.1, 0.15) is 0 Å². The summed E-state index contributed by atoms with van der Waals surface area (Å²) in [6.07, 6.45) is 3.63. The van der Waals surface area contributed by atoms with Crippen LogP contribution in [0.15, 0.2) is 24.3 Å². The molecule has 0 saturated carbocycles. The van der Waals surface area contributed by atoms with Crippen molar-refractivity contribution in [2.45, 2.75) is 18.9 Å². The maximum absolute atomic E-state index is 9.50. The van der Waals surface area contributed by atoms with E-state index in [4.69, 9.17) is 11.6 Å². The number of benzene rings is 1. The Hall–Kier alpha value is -0.790. The normalized spacial score (nSPS) is 21.6. The molecule has 1 aromatic rings. The lowest BCUT2D eigenvalue weighted by molar-refractivity contribution is 0.180. The van der Waals surface area contributed by atoms with Crippen LogP contribution in [-0.4, -0.2) is 11.2 Å². The van der Waals surface area contributed by atoms with Crippen LogP contribution in [-0.2, 0) is 0 Å². The first-order valence-electron chi connectivity index (χ1n) is 4.35. The van der Waals surface area contributed by atoms with E-state index in [1.165, 1.54) is 0 Å². The summed E-state index contributed by atoms with van der Waals surface area (Å²) in [5.41, 5.74) is 2.18. The van der Waals surface area contributed by atoms with Crippen molar-refractivity contribution in [3.8, 4) is 0 Å². The highest BCUT2D eigenvalue weighted by molar-refractivity contribution is 6.32. The largest absolute Gasteiger partial charge is 0.392 e. The molecule has 0 fully saturated rings. The van der Waals surface area contributed by atoms with Gasteiger partial charge in [0.05, 0.1) is 6.10 Å². The van der Waals surface area contributed by atoms with Gasteiger partial charge < -0.3 is 5.11 Å². The standard InChI is InChI=1S/C11H11ClO/c1-7(13)8-5-6-10-9(8)3-2-4-11(10)12/h2-8,13H,1H3. The molecule has 0 aromatic heterocycles. The van der Waals surface area contributed by atoms with Crippen LogP contribution in [0, 0.1) is 0 Å². The van der Waals surface area contributed by atoms with E-state index in [2.05, 4.69) is 0 Å². The number of hydrogen-bond acceptors (Lipinski definition) is 1. The van der Waals surface area contributed by atoms with Crippen molar-refractivity contribution in [1.82, 2.24) is 0 Å². The number of halogens is 1. The lowest BCUT2D eigenvalue weighted by Gasteiger charge is -2.13. The molecule has 1 N–H and O–H groups in total. The average Bonchev–Trinajstić information content (AvgIpc) is 2.48. The third kappa shape index (κ3) is 1.38. The number of hydrogen-bond donors (Lipinski definition) is 1. The lowest BCUT2D eigenvalue weighted by atomic mass is 9.96. The summed E-state index contributed by atoms with van der Waals surface area (Å²) in [6.45, 7) is 1.80. The molecule has 2 atom stereocenters. The summed E-state index contributed by atoms with van der Waals surface area (Å²) < 4.78 is 0. The Balaban J connectivity index is 2.49. The van der Waals surface area contributed by atoms with Gasteiger partial charge in [0.15, 0.2) is 0 Å². The summed E-state index contributed by atoms with van der Waals surface area (Å²) in [5, 5.41) is 10.3. The molecule has 0 saturated heterocycles. The van der Waals surface area contributed by atoms with Crippen molar-refractivity contribution in [2.24, 2.45) is 0 Å². The van der Waals surface area contributed by atoms with Crippen molar-refractivity contribution < 1.29 is 5.11 Å². The highest BCUT2D eigenvalue weighted by atomic mass is 35.5. The molecule has 2 unspecified atom stereocenters. The summed E-state index contributed by atoms with van der Waals surface area (Å²) in [6, 6.07) is 5.80. The molecule has 2 heteroatoms. The van der Waals surface area contributed by atoms with Gasteiger partial charge in [-0.3, -0.25) is 0 Å². The van der Waals surface area contributed by atoms with E-state index in [0.29, 0.717) is 0 Å². The van der Waals surface area contributed by atoms with Gasteiger partial charge in [0.2, 0.25) is 0 Å². The minimum Gasteiger partial charge on any atom is -0.392 e. The molecule has 1 aliphatic carbocycles. The molecule has 0 bridgehead atoms. The van der Waals surface area contributed by atoms with E-state index in [-0.39, 0.29) is 12.0 Å². The molecule has 0 spiro atoms. The molecule has 1 aromatic carbocycles. The highest BCUT2D eigenvalue weighted by Crippen LogP contribution is 2.36. The molecule has 0 aliphatic heterocycles. The van der Waals surface area contributed by atoms with Gasteiger partial charge in [0, 0.05) is 10.9 Å². The summed E-state index contributed by atoms with van der Waals surface area (Å²) >= 11 is 6.01. The van der Waals surface area contributed by atoms with E-state index in [1.807, 2.05) is 30.4 Å². The minimum absolute atomic E-state index is 0.105. The fourth-order valence-corrected chi connectivity index (χ4v) is 1.99. The first kappa shape index (κ1) is 8.79. The Morgan fingerprint density at radius 1 is 1.46 bits per heavy atom. The Kier molecular flexibility index (Phi) is 2.14. The van der Waals surface area contributed by atoms with Crippen LogP contribution in [0.4, 0.5) is 0 Å². The zero-order chi connectivity index (χ0) is 9.42. The van der Waals surface area contributed by atoms with Crippen molar-refractivity contribution >= 4 is 17.7 Å².